The van der Waals surface area contributed by atoms with Crippen molar-refractivity contribution in [1.82, 2.24) is 20.5 Å². The number of thiophene rings is 1. The molecule has 2 N–H and O–H groups in total. The molecule has 0 aliphatic rings. The second kappa shape index (κ2) is 4.44. The molecule has 5 nitrogen and oxygen atoms in total. The summed E-state index contributed by atoms with van der Waals surface area (Å²) in [5.41, 5.74) is 0. The zero-order valence-corrected chi connectivity index (χ0v) is 9.84. The number of H-pyrrole nitrogens is 1. The van der Waals surface area contributed by atoms with Gasteiger partial charge < -0.3 is 5.32 Å². The molecule has 0 aliphatic carbocycles. The molecule has 1 atom stereocenters. The predicted octanol–water partition coefficient (Wildman–Crippen LogP) is 1.67. The number of aryl methyl sites for hydroxylation is 1. The van der Waals surface area contributed by atoms with E-state index in [0.717, 1.165) is 4.88 Å². The number of aromatic amines is 1. The van der Waals surface area contributed by atoms with E-state index in [-0.39, 0.29) is 17.8 Å². The number of carbonyl (C=O) groups excluding carboxylic acids is 1. The largest absolute Gasteiger partial charge is 0.342 e. The maximum atomic E-state index is 11.7. The molecule has 0 spiro atoms. The number of hydrogen-bond acceptors (Lipinski definition) is 4. The summed E-state index contributed by atoms with van der Waals surface area (Å²) < 4.78 is 0. The highest BCUT2D eigenvalue weighted by atomic mass is 32.1. The Morgan fingerprint density at radius 3 is 2.94 bits per heavy atom. The molecule has 0 saturated carbocycles. The fourth-order valence-electron chi connectivity index (χ4n) is 1.34. The summed E-state index contributed by atoms with van der Waals surface area (Å²) in [6.07, 6.45) is 1.31. The minimum absolute atomic E-state index is 0.0173. The average molecular weight is 236 g/mol. The van der Waals surface area contributed by atoms with Crippen molar-refractivity contribution in [3.05, 3.63) is 34.0 Å². The SMILES string of the molecule is Cc1ccc(C(C)NC(=O)c2ncn[nH]2)s1. The molecule has 0 radical (unpaired) electrons. The van der Waals surface area contributed by atoms with Gasteiger partial charge in [0.15, 0.2) is 0 Å². The molecule has 0 aromatic carbocycles. The molecule has 2 heterocycles. The maximum Gasteiger partial charge on any atom is 0.289 e. The van der Waals surface area contributed by atoms with Crippen LogP contribution in [0.4, 0.5) is 0 Å². The molecule has 1 unspecified atom stereocenters. The number of nitrogens with zero attached hydrogens (tertiary/aromatic N) is 2. The summed E-state index contributed by atoms with van der Waals surface area (Å²) >= 11 is 1.67. The van der Waals surface area contributed by atoms with Gasteiger partial charge in [0.1, 0.15) is 6.33 Å². The lowest BCUT2D eigenvalue weighted by Crippen LogP contribution is -2.27. The van der Waals surface area contributed by atoms with Crippen LogP contribution in [-0.2, 0) is 0 Å². The predicted molar refractivity (Wildman–Crippen MR) is 61.3 cm³/mol. The fourth-order valence-corrected chi connectivity index (χ4v) is 2.22. The van der Waals surface area contributed by atoms with E-state index in [1.54, 1.807) is 11.3 Å². The monoisotopic (exact) mass is 236 g/mol. The third kappa shape index (κ3) is 2.27. The highest BCUT2D eigenvalue weighted by Gasteiger charge is 2.14. The second-order valence-corrected chi connectivity index (χ2v) is 4.80. The molecule has 2 aromatic heterocycles. The Balaban J connectivity index is 2.03. The number of nitrogens with one attached hydrogen (secondary N) is 2. The van der Waals surface area contributed by atoms with E-state index in [0.29, 0.717) is 0 Å². The van der Waals surface area contributed by atoms with Gasteiger partial charge >= 0.3 is 0 Å². The average Bonchev–Trinajstić information content (AvgIpc) is 2.87. The number of rotatable bonds is 3. The Hall–Kier alpha value is -1.69. The first-order chi connectivity index (χ1) is 7.66. The van der Waals surface area contributed by atoms with Gasteiger partial charge in [0, 0.05) is 9.75 Å². The Morgan fingerprint density at radius 1 is 1.56 bits per heavy atom. The van der Waals surface area contributed by atoms with Crippen LogP contribution in [0.3, 0.4) is 0 Å². The molecule has 16 heavy (non-hydrogen) atoms. The van der Waals surface area contributed by atoms with E-state index in [9.17, 15) is 4.79 Å². The normalized spacial score (nSPS) is 12.4. The van der Waals surface area contributed by atoms with Crippen molar-refractivity contribution in [2.75, 3.05) is 0 Å². The molecular formula is C10H12N4OS. The van der Waals surface area contributed by atoms with Crippen molar-refractivity contribution < 1.29 is 4.79 Å². The van der Waals surface area contributed by atoms with E-state index >= 15 is 0 Å². The van der Waals surface area contributed by atoms with Crippen molar-refractivity contribution in [3.8, 4) is 0 Å². The third-order valence-corrected chi connectivity index (χ3v) is 3.35. The molecule has 6 heteroatoms. The van der Waals surface area contributed by atoms with Gasteiger partial charge in [-0.2, -0.15) is 5.10 Å². The lowest BCUT2D eigenvalue weighted by Gasteiger charge is -2.10. The van der Waals surface area contributed by atoms with E-state index in [1.165, 1.54) is 11.2 Å². The van der Waals surface area contributed by atoms with Crippen molar-refractivity contribution in [3.63, 3.8) is 0 Å². The molecule has 0 saturated heterocycles. The number of aromatic nitrogens is 3. The first kappa shape index (κ1) is 10.8. The van der Waals surface area contributed by atoms with Crippen LogP contribution >= 0.6 is 11.3 Å². The van der Waals surface area contributed by atoms with E-state index in [2.05, 4.69) is 20.5 Å². The molecule has 84 valence electrons. The molecule has 0 aliphatic heterocycles. The van der Waals surface area contributed by atoms with Gasteiger partial charge in [-0.15, -0.1) is 11.3 Å². The van der Waals surface area contributed by atoms with Crippen LogP contribution in [0.25, 0.3) is 0 Å². The van der Waals surface area contributed by atoms with Gasteiger partial charge in [-0.1, -0.05) is 0 Å². The van der Waals surface area contributed by atoms with Crippen molar-refractivity contribution in [2.24, 2.45) is 0 Å². The molecule has 1 amide bonds. The molecular weight excluding hydrogens is 224 g/mol. The Labute approximate surface area is 96.9 Å². The molecule has 0 bridgehead atoms. The number of carbonyl (C=O) groups is 1. The van der Waals surface area contributed by atoms with E-state index in [1.807, 2.05) is 26.0 Å². The van der Waals surface area contributed by atoms with Crippen LogP contribution in [0.1, 0.15) is 33.3 Å². The van der Waals surface area contributed by atoms with Gasteiger partial charge in [0.05, 0.1) is 6.04 Å². The minimum atomic E-state index is -0.240. The van der Waals surface area contributed by atoms with Crippen LogP contribution in [0.15, 0.2) is 18.5 Å². The van der Waals surface area contributed by atoms with Crippen LogP contribution in [0, 0.1) is 6.92 Å². The summed E-state index contributed by atoms with van der Waals surface area (Å²) in [6, 6.07) is 4.04. The molecule has 2 rings (SSSR count). The highest BCUT2D eigenvalue weighted by Crippen LogP contribution is 2.22. The van der Waals surface area contributed by atoms with Gasteiger partial charge in [0.2, 0.25) is 5.82 Å². The van der Waals surface area contributed by atoms with Gasteiger partial charge in [-0.3, -0.25) is 9.89 Å². The Morgan fingerprint density at radius 2 is 2.38 bits per heavy atom. The fraction of sp³-hybridized carbons (Fsp3) is 0.300. The van der Waals surface area contributed by atoms with Crippen LogP contribution in [0.2, 0.25) is 0 Å². The van der Waals surface area contributed by atoms with Crippen molar-refractivity contribution in [2.45, 2.75) is 19.9 Å². The molecule has 0 fully saturated rings. The van der Waals surface area contributed by atoms with E-state index < -0.39 is 0 Å². The summed E-state index contributed by atoms with van der Waals surface area (Å²) in [5.74, 6) is -0.00354. The van der Waals surface area contributed by atoms with Crippen LogP contribution < -0.4 is 5.32 Å². The summed E-state index contributed by atoms with van der Waals surface area (Å²) in [5, 5.41) is 9.01. The van der Waals surface area contributed by atoms with Gasteiger partial charge in [-0.25, -0.2) is 4.98 Å². The maximum absolute atomic E-state index is 11.7. The Kier molecular flexibility index (Phi) is 3.00. The smallest absolute Gasteiger partial charge is 0.289 e. The molecule has 2 aromatic rings. The van der Waals surface area contributed by atoms with E-state index in [4.69, 9.17) is 0 Å². The van der Waals surface area contributed by atoms with Crippen molar-refractivity contribution >= 4 is 17.2 Å². The zero-order valence-electron chi connectivity index (χ0n) is 9.02. The summed E-state index contributed by atoms with van der Waals surface area (Å²) in [6.45, 7) is 3.98. The number of hydrogen-bond donors (Lipinski definition) is 2. The van der Waals surface area contributed by atoms with Gasteiger partial charge in [0.25, 0.3) is 5.91 Å². The highest BCUT2D eigenvalue weighted by molar-refractivity contribution is 7.12. The topological polar surface area (TPSA) is 70.7 Å². The Bertz CT molecular complexity index is 477. The standard InChI is InChI=1S/C10H12N4OS/c1-6-3-4-8(16-6)7(2)13-10(15)9-11-5-12-14-9/h3-5,7H,1-2H3,(H,13,15)(H,11,12,14). The van der Waals surface area contributed by atoms with Crippen molar-refractivity contribution in [1.29, 1.82) is 0 Å². The summed E-state index contributed by atoms with van der Waals surface area (Å²) in [4.78, 5) is 17.8. The van der Waals surface area contributed by atoms with Crippen LogP contribution in [-0.4, -0.2) is 21.1 Å². The number of amides is 1. The lowest BCUT2D eigenvalue weighted by molar-refractivity contribution is 0.0930. The summed E-state index contributed by atoms with van der Waals surface area (Å²) in [7, 11) is 0. The van der Waals surface area contributed by atoms with Crippen LogP contribution in [0.5, 0.6) is 0 Å². The lowest BCUT2D eigenvalue weighted by atomic mass is 10.2. The first-order valence-corrected chi connectivity index (χ1v) is 5.71. The quantitative estimate of drug-likeness (QED) is 0.851. The third-order valence-electron chi connectivity index (χ3n) is 2.17. The second-order valence-electron chi connectivity index (χ2n) is 3.48. The van der Waals surface area contributed by atoms with Gasteiger partial charge in [-0.05, 0) is 26.0 Å². The minimum Gasteiger partial charge on any atom is -0.342 e. The zero-order chi connectivity index (χ0) is 11.5. The first-order valence-electron chi connectivity index (χ1n) is 4.89.